The van der Waals surface area contributed by atoms with Gasteiger partial charge in [-0.3, -0.25) is 14.9 Å². The summed E-state index contributed by atoms with van der Waals surface area (Å²) in [6.45, 7) is 1.63. The van der Waals surface area contributed by atoms with E-state index in [1.807, 2.05) is 0 Å². The molecule has 0 aliphatic heterocycles. The number of amides is 1. The number of carbonyl (C=O) groups excluding carboxylic acids is 1. The summed E-state index contributed by atoms with van der Waals surface area (Å²) in [5.74, 6) is -0.447. The number of nitrogens with zero attached hydrogens (tertiary/aromatic N) is 1. The first-order valence-corrected chi connectivity index (χ1v) is 6.65. The van der Waals surface area contributed by atoms with Crippen molar-refractivity contribution in [1.82, 2.24) is 0 Å². The Hall–Kier alpha value is -2.11. The van der Waals surface area contributed by atoms with Gasteiger partial charge in [-0.25, -0.2) is 0 Å². The summed E-state index contributed by atoms with van der Waals surface area (Å²) in [5.41, 5.74) is 1.06. The van der Waals surface area contributed by atoms with Crippen LogP contribution in [-0.4, -0.2) is 10.8 Å². The van der Waals surface area contributed by atoms with Crippen LogP contribution in [0.15, 0.2) is 36.4 Å². The average molecular weight is 325 g/mol. The van der Waals surface area contributed by atoms with Crippen LogP contribution in [0.4, 0.5) is 11.4 Å². The van der Waals surface area contributed by atoms with Crippen LogP contribution in [0.2, 0.25) is 10.0 Å². The number of carbonyl (C=O) groups is 1. The standard InChI is InChI=1S/C14H10Cl2N2O3/c1-8-2-3-12(7-13(8)18(20)21)17-14(19)9-4-10(15)6-11(16)5-9/h2-7H,1H3,(H,17,19). The minimum atomic E-state index is -0.499. The third kappa shape index (κ3) is 3.71. The second kappa shape index (κ2) is 6.11. The number of benzene rings is 2. The second-order valence-electron chi connectivity index (χ2n) is 4.37. The highest BCUT2D eigenvalue weighted by atomic mass is 35.5. The molecule has 5 nitrogen and oxygen atoms in total. The SMILES string of the molecule is Cc1ccc(NC(=O)c2cc(Cl)cc(Cl)c2)cc1[N+](=O)[O-]. The first-order chi connectivity index (χ1) is 9.86. The molecule has 0 aliphatic rings. The van der Waals surface area contributed by atoms with Crippen LogP contribution >= 0.6 is 23.2 Å². The van der Waals surface area contributed by atoms with E-state index in [0.29, 0.717) is 21.3 Å². The van der Waals surface area contributed by atoms with E-state index < -0.39 is 10.8 Å². The fourth-order valence-electron chi connectivity index (χ4n) is 1.77. The molecule has 1 amide bonds. The average Bonchev–Trinajstić information content (AvgIpc) is 2.39. The molecule has 0 spiro atoms. The Bertz CT molecular complexity index is 712. The number of nitrogens with one attached hydrogen (secondary N) is 1. The van der Waals surface area contributed by atoms with Gasteiger partial charge in [0.25, 0.3) is 11.6 Å². The van der Waals surface area contributed by atoms with Crippen molar-refractivity contribution in [3.8, 4) is 0 Å². The van der Waals surface area contributed by atoms with Crippen molar-refractivity contribution in [3.05, 3.63) is 67.7 Å². The van der Waals surface area contributed by atoms with Gasteiger partial charge in [0, 0.05) is 32.9 Å². The van der Waals surface area contributed by atoms with Crippen molar-refractivity contribution < 1.29 is 9.72 Å². The number of nitro benzene ring substituents is 1. The van der Waals surface area contributed by atoms with E-state index in [4.69, 9.17) is 23.2 Å². The topological polar surface area (TPSA) is 72.2 Å². The predicted molar refractivity (Wildman–Crippen MR) is 82.2 cm³/mol. The van der Waals surface area contributed by atoms with Crippen molar-refractivity contribution in [2.75, 3.05) is 5.32 Å². The highest BCUT2D eigenvalue weighted by molar-refractivity contribution is 6.35. The third-order valence-electron chi connectivity index (χ3n) is 2.79. The summed E-state index contributed by atoms with van der Waals surface area (Å²) in [7, 11) is 0. The van der Waals surface area contributed by atoms with Crippen LogP contribution < -0.4 is 5.32 Å². The molecule has 0 heterocycles. The molecule has 0 aromatic heterocycles. The van der Waals surface area contributed by atoms with Gasteiger partial charge in [-0.1, -0.05) is 29.3 Å². The number of halogens is 2. The molecule has 2 aromatic carbocycles. The fraction of sp³-hybridized carbons (Fsp3) is 0.0714. The lowest BCUT2D eigenvalue weighted by molar-refractivity contribution is -0.385. The zero-order valence-corrected chi connectivity index (χ0v) is 12.4. The van der Waals surface area contributed by atoms with E-state index in [2.05, 4.69) is 5.32 Å². The Morgan fingerprint density at radius 1 is 1.14 bits per heavy atom. The van der Waals surface area contributed by atoms with Crippen LogP contribution in [0.3, 0.4) is 0 Å². The minimum Gasteiger partial charge on any atom is -0.322 e. The first kappa shape index (κ1) is 15.3. The summed E-state index contributed by atoms with van der Waals surface area (Å²) < 4.78 is 0. The van der Waals surface area contributed by atoms with E-state index in [1.165, 1.54) is 24.3 Å². The van der Waals surface area contributed by atoms with E-state index in [9.17, 15) is 14.9 Å². The molecule has 0 bridgehead atoms. The smallest absolute Gasteiger partial charge is 0.274 e. The molecule has 1 N–H and O–H groups in total. The van der Waals surface area contributed by atoms with Gasteiger partial charge in [-0.05, 0) is 31.2 Å². The molecule has 0 fully saturated rings. The number of aryl methyl sites for hydroxylation is 1. The highest BCUT2D eigenvalue weighted by Crippen LogP contribution is 2.24. The van der Waals surface area contributed by atoms with Crippen LogP contribution in [-0.2, 0) is 0 Å². The van der Waals surface area contributed by atoms with Crippen molar-refractivity contribution >= 4 is 40.5 Å². The zero-order chi connectivity index (χ0) is 15.6. The maximum Gasteiger partial charge on any atom is 0.274 e. The highest BCUT2D eigenvalue weighted by Gasteiger charge is 2.13. The van der Waals surface area contributed by atoms with Crippen molar-refractivity contribution in [2.24, 2.45) is 0 Å². The van der Waals surface area contributed by atoms with Crippen molar-refractivity contribution in [2.45, 2.75) is 6.92 Å². The Kier molecular flexibility index (Phi) is 4.45. The Morgan fingerprint density at radius 2 is 1.76 bits per heavy atom. The molecule has 0 aliphatic carbocycles. The van der Waals surface area contributed by atoms with E-state index in [-0.39, 0.29) is 11.3 Å². The third-order valence-corrected chi connectivity index (χ3v) is 3.22. The van der Waals surface area contributed by atoms with Crippen molar-refractivity contribution in [1.29, 1.82) is 0 Å². The van der Waals surface area contributed by atoms with E-state index >= 15 is 0 Å². The normalized spacial score (nSPS) is 10.2. The molecule has 0 atom stereocenters. The maximum absolute atomic E-state index is 12.1. The minimum absolute atomic E-state index is 0.0584. The van der Waals surface area contributed by atoms with Crippen LogP contribution in [0.1, 0.15) is 15.9 Å². The van der Waals surface area contributed by atoms with Gasteiger partial charge in [0.2, 0.25) is 0 Å². The van der Waals surface area contributed by atoms with E-state index in [0.717, 1.165) is 0 Å². The Labute approximate surface area is 130 Å². The fourth-order valence-corrected chi connectivity index (χ4v) is 2.30. The number of hydrogen-bond donors (Lipinski definition) is 1. The molecule has 7 heteroatoms. The van der Waals surface area contributed by atoms with Crippen LogP contribution in [0.25, 0.3) is 0 Å². The summed E-state index contributed by atoms with van der Waals surface area (Å²) in [5, 5.41) is 14.1. The van der Waals surface area contributed by atoms with Crippen LogP contribution in [0, 0.1) is 17.0 Å². The maximum atomic E-state index is 12.1. The summed E-state index contributed by atoms with van der Waals surface area (Å²) in [4.78, 5) is 22.5. The van der Waals surface area contributed by atoms with Gasteiger partial charge in [0.1, 0.15) is 0 Å². The van der Waals surface area contributed by atoms with Gasteiger partial charge >= 0.3 is 0 Å². The number of hydrogen-bond acceptors (Lipinski definition) is 3. The molecule has 108 valence electrons. The molecule has 0 saturated carbocycles. The molecule has 2 rings (SSSR count). The predicted octanol–water partition coefficient (Wildman–Crippen LogP) is 4.46. The molecule has 0 radical (unpaired) electrons. The first-order valence-electron chi connectivity index (χ1n) is 5.89. The monoisotopic (exact) mass is 324 g/mol. The lowest BCUT2D eigenvalue weighted by Gasteiger charge is -2.07. The quantitative estimate of drug-likeness (QED) is 0.669. The second-order valence-corrected chi connectivity index (χ2v) is 5.24. The Balaban J connectivity index is 2.27. The lowest BCUT2D eigenvalue weighted by atomic mass is 10.1. The van der Waals surface area contributed by atoms with E-state index in [1.54, 1.807) is 19.1 Å². The summed E-state index contributed by atoms with van der Waals surface area (Å²) >= 11 is 11.7. The van der Waals surface area contributed by atoms with Gasteiger partial charge in [-0.15, -0.1) is 0 Å². The van der Waals surface area contributed by atoms with Gasteiger partial charge in [-0.2, -0.15) is 0 Å². The molecular formula is C14H10Cl2N2O3. The van der Waals surface area contributed by atoms with Gasteiger partial charge in [0.05, 0.1) is 4.92 Å². The molecule has 2 aromatic rings. The molecule has 0 saturated heterocycles. The lowest BCUT2D eigenvalue weighted by Crippen LogP contribution is -2.12. The molecular weight excluding hydrogens is 315 g/mol. The largest absolute Gasteiger partial charge is 0.322 e. The summed E-state index contributed by atoms with van der Waals surface area (Å²) in [6, 6.07) is 8.90. The Morgan fingerprint density at radius 3 is 2.33 bits per heavy atom. The number of nitro groups is 1. The summed E-state index contributed by atoms with van der Waals surface area (Å²) in [6.07, 6.45) is 0. The van der Waals surface area contributed by atoms with Gasteiger partial charge in [0.15, 0.2) is 0 Å². The van der Waals surface area contributed by atoms with Gasteiger partial charge < -0.3 is 5.32 Å². The molecule has 0 unspecified atom stereocenters. The van der Waals surface area contributed by atoms with Crippen LogP contribution in [0.5, 0.6) is 0 Å². The zero-order valence-electron chi connectivity index (χ0n) is 10.9. The number of rotatable bonds is 3. The van der Waals surface area contributed by atoms with Crippen molar-refractivity contribution in [3.63, 3.8) is 0 Å². The number of anilines is 1. The molecule has 21 heavy (non-hydrogen) atoms.